The normalized spacial score (nSPS) is 11.3. The lowest BCUT2D eigenvalue weighted by Gasteiger charge is -2.02. The second-order valence-electron chi connectivity index (χ2n) is 6.02. The van der Waals surface area contributed by atoms with Crippen LogP contribution in [0.5, 0.6) is 0 Å². The van der Waals surface area contributed by atoms with Gasteiger partial charge in [-0.05, 0) is 30.2 Å². The smallest absolute Gasteiger partial charge is 0.258 e. The second kappa shape index (κ2) is 6.53. The van der Waals surface area contributed by atoms with Gasteiger partial charge in [-0.25, -0.2) is 9.97 Å². The molecule has 0 aliphatic rings. The molecular weight excluding hydrogens is 332 g/mol. The van der Waals surface area contributed by atoms with E-state index in [-0.39, 0.29) is 30.1 Å². The van der Waals surface area contributed by atoms with Crippen molar-refractivity contribution in [3.63, 3.8) is 0 Å². The average Bonchev–Trinajstić information content (AvgIpc) is 3.08. The van der Waals surface area contributed by atoms with Crippen LogP contribution in [0.3, 0.4) is 0 Å². The Balaban J connectivity index is 1.54. The van der Waals surface area contributed by atoms with Crippen molar-refractivity contribution in [2.75, 3.05) is 0 Å². The highest BCUT2D eigenvalue weighted by Gasteiger charge is 2.12. The first-order valence-electron chi connectivity index (χ1n) is 8.23. The number of aliphatic hydroxyl groups is 1. The Hall–Kier alpha value is -3.32. The van der Waals surface area contributed by atoms with Gasteiger partial charge in [0.15, 0.2) is 5.78 Å². The molecule has 0 saturated heterocycles. The SMILES string of the molecule is O=C(CCc1cn2cc(CO)ccc2n1)c1cc(=O)n2ccccc2n1. The third kappa shape index (κ3) is 3.00. The molecule has 0 fully saturated rings. The summed E-state index contributed by atoms with van der Waals surface area (Å²) in [7, 11) is 0. The molecular formula is C19H16N4O3. The van der Waals surface area contributed by atoms with Crippen molar-refractivity contribution in [3.8, 4) is 0 Å². The van der Waals surface area contributed by atoms with E-state index < -0.39 is 0 Å². The van der Waals surface area contributed by atoms with E-state index in [1.165, 1.54) is 10.5 Å². The van der Waals surface area contributed by atoms with Crippen LogP contribution in [-0.4, -0.2) is 29.7 Å². The van der Waals surface area contributed by atoms with Crippen molar-refractivity contribution < 1.29 is 9.90 Å². The summed E-state index contributed by atoms with van der Waals surface area (Å²) >= 11 is 0. The minimum atomic E-state index is -0.275. The van der Waals surface area contributed by atoms with Gasteiger partial charge < -0.3 is 9.51 Å². The van der Waals surface area contributed by atoms with Gasteiger partial charge in [-0.1, -0.05) is 12.1 Å². The zero-order valence-electron chi connectivity index (χ0n) is 13.9. The van der Waals surface area contributed by atoms with E-state index in [9.17, 15) is 14.7 Å². The Morgan fingerprint density at radius 2 is 1.96 bits per heavy atom. The second-order valence-corrected chi connectivity index (χ2v) is 6.02. The van der Waals surface area contributed by atoms with Crippen molar-refractivity contribution in [1.82, 2.24) is 18.8 Å². The van der Waals surface area contributed by atoms with Gasteiger partial charge in [0.1, 0.15) is 17.0 Å². The fourth-order valence-corrected chi connectivity index (χ4v) is 2.87. The molecule has 7 nitrogen and oxygen atoms in total. The van der Waals surface area contributed by atoms with Crippen LogP contribution in [0.4, 0.5) is 0 Å². The average molecular weight is 348 g/mol. The Kier molecular flexibility index (Phi) is 4.06. The fraction of sp³-hybridized carbons (Fsp3) is 0.158. The summed E-state index contributed by atoms with van der Waals surface area (Å²) in [6, 6.07) is 10.1. The molecule has 0 radical (unpaired) electrons. The van der Waals surface area contributed by atoms with E-state index in [0.29, 0.717) is 12.1 Å². The number of imidazole rings is 1. The quantitative estimate of drug-likeness (QED) is 0.554. The number of hydrogen-bond donors (Lipinski definition) is 1. The molecule has 26 heavy (non-hydrogen) atoms. The third-order valence-electron chi connectivity index (χ3n) is 4.21. The molecule has 7 heteroatoms. The number of carbonyl (C=O) groups is 1. The predicted molar refractivity (Wildman–Crippen MR) is 95.2 cm³/mol. The van der Waals surface area contributed by atoms with Gasteiger partial charge in [-0.15, -0.1) is 0 Å². The summed E-state index contributed by atoms with van der Waals surface area (Å²) in [5, 5.41) is 9.19. The lowest BCUT2D eigenvalue weighted by Crippen LogP contribution is -2.17. The van der Waals surface area contributed by atoms with Crippen LogP contribution in [0.1, 0.15) is 28.2 Å². The van der Waals surface area contributed by atoms with E-state index >= 15 is 0 Å². The number of carbonyl (C=O) groups excluding carboxylic acids is 1. The molecule has 0 amide bonds. The topological polar surface area (TPSA) is 89.0 Å². The molecule has 0 aromatic carbocycles. The highest BCUT2D eigenvalue weighted by molar-refractivity contribution is 5.94. The minimum absolute atomic E-state index is 0.0366. The lowest BCUT2D eigenvalue weighted by atomic mass is 10.1. The number of Topliss-reactive ketones (excluding diaryl/α,β-unsaturated/α-hetero) is 1. The Morgan fingerprint density at radius 3 is 2.81 bits per heavy atom. The van der Waals surface area contributed by atoms with Gasteiger partial charge in [-0.3, -0.25) is 14.0 Å². The van der Waals surface area contributed by atoms with Crippen molar-refractivity contribution in [2.45, 2.75) is 19.4 Å². The lowest BCUT2D eigenvalue weighted by molar-refractivity contribution is 0.0977. The summed E-state index contributed by atoms with van der Waals surface area (Å²) in [5.74, 6) is -0.193. The Bertz CT molecular complexity index is 1180. The number of pyridine rings is 2. The molecule has 0 aliphatic carbocycles. The zero-order chi connectivity index (χ0) is 18.1. The maximum absolute atomic E-state index is 12.5. The first-order chi connectivity index (χ1) is 12.6. The van der Waals surface area contributed by atoms with Gasteiger partial charge in [0.05, 0.1) is 12.3 Å². The van der Waals surface area contributed by atoms with Crippen LogP contribution in [0.15, 0.2) is 59.8 Å². The van der Waals surface area contributed by atoms with Crippen molar-refractivity contribution in [1.29, 1.82) is 0 Å². The molecule has 0 bridgehead atoms. The fourth-order valence-electron chi connectivity index (χ4n) is 2.87. The zero-order valence-corrected chi connectivity index (χ0v) is 13.9. The molecule has 0 unspecified atom stereocenters. The molecule has 130 valence electrons. The van der Waals surface area contributed by atoms with Crippen molar-refractivity contribution in [3.05, 3.63) is 82.3 Å². The van der Waals surface area contributed by atoms with Gasteiger partial charge >= 0.3 is 0 Å². The predicted octanol–water partition coefficient (Wildman–Crippen LogP) is 1.65. The van der Waals surface area contributed by atoms with E-state index in [1.54, 1.807) is 30.6 Å². The standard InChI is InChI=1S/C19H16N4O3/c24-12-13-4-7-17-20-14(11-22(17)10-13)5-6-16(25)15-9-19(26)23-8-2-1-3-18(23)21-15/h1-4,7-11,24H,5-6,12H2. The summed E-state index contributed by atoms with van der Waals surface area (Å²) in [4.78, 5) is 33.3. The summed E-state index contributed by atoms with van der Waals surface area (Å²) in [5.41, 5.74) is 2.67. The van der Waals surface area contributed by atoms with Gasteiger partial charge in [0.25, 0.3) is 5.56 Å². The van der Waals surface area contributed by atoms with Crippen LogP contribution in [0, 0.1) is 0 Å². The number of fused-ring (bicyclic) bond motifs is 2. The molecule has 4 aromatic heterocycles. The number of rotatable bonds is 5. The molecule has 0 aliphatic heterocycles. The van der Waals surface area contributed by atoms with Gasteiger partial charge in [0.2, 0.25) is 0 Å². The molecule has 1 N–H and O–H groups in total. The van der Waals surface area contributed by atoms with Crippen LogP contribution in [-0.2, 0) is 13.0 Å². The molecule has 0 atom stereocenters. The third-order valence-corrected chi connectivity index (χ3v) is 4.21. The van der Waals surface area contributed by atoms with E-state index in [2.05, 4.69) is 9.97 Å². The number of nitrogens with zero attached hydrogens (tertiary/aromatic N) is 4. The van der Waals surface area contributed by atoms with Crippen LogP contribution < -0.4 is 5.56 Å². The molecule has 0 spiro atoms. The summed E-state index contributed by atoms with van der Waals surface area (Å²) < 4.78 is 3.23. The Labute approximate surface area is 148 Å². The largest absolute Gasteiger partial charge is 0.392 e. The van der Waals surface area contributed by atoms with Gasteiger partial charge in [-0.2, -0.15) is 0 Å². The summed E-state index contributed by atoms with van der Waals surface area (Å²) in [6.07, 6.45) is 5.93. The molecule has 4 rings (SSSR count). The van der Waals surface area contributed by atoms with Crippen molar-refractivity contribution in [2.24, 2.45) is 0 Å². The number of aromatic nitrogens is 4. The highest BCUT2D eigenvalue weighted by atomic mass is 16.3. The molecule has 0 saturated carbocycles. The van der Waals surface area contributed by atoms with Gasteiger partial charge in [0, 0.05) is 31.1 Å². The number of aryl methyl sites for hydroxylation is 1. The summed E-state index contributed by atoms with van der Waals surface area (Å²) in [6.45, 7) is -0.0366. The van der Waals surface area contributed by atoms with Crippen molar-refractivity contribution >= 4 is 17.1 Å². The van der Waals surface area contributed by atoms with Crippen LogP contribution >= 0.6 is 0 Å². The number of ketones is 1. The first-order valence-corrected chi connectivity index (χ1v) is 8.23. The molecule has 4 heterocycles. The van der Waals surface area contributed by atoms with E-state index in [1.807, 2.05) is 22.7 Å². The van der Waals surface area contributed by atoms with E-state index in [0.717, 1.165) is 16.9 Å². The Morgan fingerprint density at radius 1 is 1.08 bits per heavy atom. The van der Waals surface area contributed by atoms with Crippen LogP contribution in [0.2, 0.25) is 0 Å². The monoisotopic (exact) mass is 348 g/mol. The maximum Gasteiger partial charge on any atom is 0.258 e. The van der Waals surface area contributed by atoms with Crippen LogP contribution in [0.25, 0.3) is 11.3 Å². The minimum Gasteiger partial charge on any atom is -0.392 e. The number of aliphatic hydroxyl groups excluding tert-OH is 1. The maximum atomic E-state index is 12.5. The number of hydrogen-bond acceptors (Lipinski definition) is 5. The van der Waals surface area contributed by atoms with E-state index in [4.69, 9.17) is 0 Å². The molecule has 4 aromatic rings. The highest BCUT2D eigenvalue weighted by Crippen LogP contribution is 2.11. The first kappa shape index (κ1) is 16.2.